The highest BCUT2D eigenvalue weighted by molar-refractivity contribution is 8.00. The van der Waals surface area contributed by atoms with Crippen LogP contribution in [0.4, 0.5) is 11.4 Å². The van der Waals surface area contributed by atoms with Gasteiger partial charge in [-0.3, -0.25) is 14.4 Å². The largest absolute Gasteiger partial charge is 0.325 e. The minimum atomic E-state index is -0.472. The van der Waals surface area contributed by atoms with Crippen molar-refractivity contribution in [3.63, 3.8) is 0 Å². The molecule has 0 aliphatic rings. The highest BCUT2D eigenvalue weighted by atomic mass is 35.5. The summed E-state index contributed by atoms with van der Waals surface area (Å²) in [5.41, 5.74) is 1.62. The third kappa shape index (κ3) is 8.21. The van der Waals surface area contributed by atoms with Gasteiger partial charge in [0.1, 0.15) is 5.70 Å². The zero-order valence-electron chi connectivity index (χ0n) is 20.6. The molecule has 39 heavy (non-hydrogen) atoms. The molecule has 1 aromatic heterocycles. The van der Waals surface area contributed by atoms with Gasteiger partial charge in [0.15, 0.2) is 0 Å². The zero-order valence-corrected chi connectivity index (χ0v) is 23.8. The highest BCUT2D eigenvalue weighted by Crippen LogP contribution is 2.29. The van der Waals surface area contributed by atoms with Crippen LogP contribution >= 0.6 is 46.3 Å². The lowest BCUT2D eigenvalue weighted by Gasteiger charge is -2.14. The topological polar surface area (TPSA) is 87.3 Å². The molecule has 3 aromatic carbocycles. The van der Waals surface area contributed by atoms with Crippen LogP contribution in [0, 0.1) is 0 Å². The Labute approximate surface area is 244 Å². The number of hydrogen-bond acceptors (Lipinski definition) is 5. The Balaban J connectivity index is 1.44. The van der Waals surface area contributed by atoms with Crippen molar-refractivity contribution in [2.75, 3.05) is 10.6 Å². The van der Waals surface area contributed by atoms with E-state index in [-0.39, 0.29) is 17.5 Å². The molecule has 1 unspecified atom stereocenters. The maximum absolute atomic E-state index is 13.2. The Hall–Kier alpha value is -3.56. The molecule has 4 rings (SSSR count). The number of thioether (sulfide) groups is 1. The van der Waals surface area contributed by atoms with E-state index >= 15 is 0 Å². The minimum absolute atomic E-state index is 0.110. The number of carbonyl (C=O) groups excluding carboxylic acids is 3. The fourth-order valence-electron chi connectivity index (χ4n) is 3.38. The van der Waals surface area contributed by atoms with Crippen LogP contribution in [0.2, 0.25) is 10.0 Å². The lowest BCUT2D eigenvalue weighted by atomic mass is 10.2. The molecule has 0 saturated heterocycles. The molecule has 0 radical (unpaired) electrons. The summed E-state index contributed by atoms with van der Waals surface area (Å²) < 4.78 is 0. The maximum atomic E-state index is 13.2. The van der Waals surface area contributed by atoms with Crippen LogP contribution in [0.1, 0.15) is 22.2 Å². The fraction of sp³-hybridized carbons (Fsp3) is 0.0690. The summed E-state index contributed by atoms with van der Waals surface area (Å²) in [4.78, 5) is 40.3. The number of amides is 3. The van der Waals surface area contributed by atoms with E-state index in [2.05, 4.69) is 16.0 Å². The molecule has 3 N–H and O–H groups in total. The van der Waals surface area contributed by atoms with Crippen molar-refractivity contribution < 1.29 is 14.4 Å². The van der Waals surface area contributed by atoms with Gasteiger partial charge in [-0.1, -0.05) is 53.5 Å². The van der Waals surface area contributed by atoms with Gasteiger partial charge in [0.05, 0.1) is 15.3 Å². The molecular weight excluding hydrogens is 573 g/mol. The Bertz CT molecular complexity index is 1510. The number of nitrogens with one attached hydrogen (secondary N) is 3. The first kappa shape index (κ1) is 28.4. The molecule has 1 heterocycles. The van der Waals surface area contributed by atoms with Crippen LogP contribution in [0.3, 0.4) is 0 Å². The summed E-state index contributed by atoms with van der Waals surface area (Å²) in [6.07, 6.45) is 1.63. The van der Waals surface area contributed by atoms with Gasteiger partial charge in [-0.25, -0.2) is 0 Å². The van der Waals surface area contributed by atoms with Crippen LogP contribution in [-0.2, 0) is 9.59 Å². The van der Waals surface area contributed by atoms with Crippen LogP contribution in [-0.4, -0.2) is 23.0 Å². The van der Waals surface area contributed by atoms with Gasteiger partial charge < -0.3 is 16.0 Å². The third-order valence-electron chi connectivity index (χ3n) is 5.32. The van der Waals surface area contributed by atoms with Crippen molar-refractivity contribution in [2.45, 2.75) is 17.1 Å². The van der Waals surface area contributed by atoms with Crippen molar-refractivity contribution in [3.05, 3.63) is 116 Å². The Morgan fingerprint density at radius 2 is 1.62 bits per heavy atom. The number of halogens is 2. The van der Waals surface area contributed by atoms with E-state index in [1.54, 1.807) is 73.7 Å². The third-order valence-corrected chi connectivity index (χ3v) is 7.97. The van der Waals surface area contributed by atoms with Crippen molar-refractivity contribution >= 4 is 81.5 Å². The van der Waals surface area contributed by atoms with Crippen LogP contribution in [0.15, 0.2) is 101 Å². The second-order valence-corrected chi connectivity index (χ2v) is 11.5. The van der Waals surface area contributed by atoms with E-state index in [4.69, 9.17) is 23.2 Å². The first-order valence-electron chi connectivity index (χ1n) is 11.7. The van der Waals surface area contributed by atoms with Gasteiger partial charge in [-0.05, 0) is 73.0 Å². The van der Waals surface area contributed by atoms with E-state index in [0.717, 1.165) is 9.77 Å². The number of thiophene rings is 1. The molecule has 0 spiro atoms. The van der Waals surface area contributed by atoms with Gasteiger partial charge in [-0.15, -0.1) is 23.1 Å². The average Bonchev–Trinajstić information content (AvgIpc) is 3.44. The molecular formula is C29H23Cl2N3O3S2. The first-order valence-corrected chi connectivity index (χ1v) is 14.3. The molecule has 3 amide bonds. The zero-order chi connectivity index (χ0) is 27.8. The first-order chi connectivity index (χ1) is 18.8. The molecule has 0 fully saturated rings. The predicted molar refractivity (Wildman–Crippen MR) is 162 cm³/mol. The highest BCUT2D eigenvalue weighted by Gasteiger charge is 2.18. The van der Waals surface area contributed by atoms with E-state index in [9.17, 15) is 14.4 Å². The Morgan fingerprint density at radius 3 is 2.33 bits per heavy atom. The lowest BCUT2D eigenvalue weighted by Crippen LogP contribution is -2.30. The molecule has 0 bridgehead atoms. The Morgan fingerprint density at radius 1 is 0.846 bits per heavy atom. The molecule has 0 aliphatic carbocycles. The van der Waals surface area contributed by atoms with Crippen molar-refractivity contribution in [2.24, 2.45) is 0 Å². The molecule has 6 nitrogen and oxygen atoms in total. The van der Waals surface area contributed by atoms with E-state index in [1.807, 2.05) is 29.6 Å². The Kier molecular flexibility index (Phi) is 9.84. The fourth-order valence-corrected chi connectivity index (χ4v) is 5.26. The van der Waals surface area contributed by atoms with Crippen molar-refractivity contribution in [1.29, 1.82) is 0 Å². The number of benzene rings is 3. The number of carbonyl (C=O) groups is 3. The quantitative estimate of drug-likeness (QED) is 0.137. The number of anilines is 2. The molecule has 4 aromatic rings. The van der Waals surface area contributed by atoms with E-state index in [1.165, 1.54) is 23.1 Å². The molecule has 10 heteroatoms. The SMILES string of the molecule is CC(Sc1cccc(NC(=O)/C(=C/c2cccs2)NC(=O)c2ccccc2)c1)C(=O)Nc1ccc(Cl)c(Cl)c1. The van der Waals surface area contributed by atoms with E-state index in [0.29, 0.717) is 27.0 Å². The molecule has 1 atom stereocenters. The van der Waals surface area contributed by atoms with Crippen LogP contribution < -0.4 is 16.0 Å². The van der Waals surface area contributed by atoms with Gasteiger partial charge in [0.2, 0.25) is 5.91 Å². The average molecular weight is 597 g/mol. The van der Waals surface area contributed by atoms with Crippen molar-refractivity contribution in [3.8, 4) is 0 Å². The number of rotatable bonds is 9. The molecule has 0 aliphatic heterocycles. The van der Waals surface area contributed by atoms with Crippen LogP contribution in [0.25, 0.3) is 6.08 Å². The normalized spacial score (nSPS) is 11.9. The smallest absolute Gasteiger partial charge is 0.272 e. The van der Waals surface area contributed by atoms with Crippen LogP contribution in [0.5, 0.6) is 0 Å². The van der Waals surface area contributed by atoms with Gasteiger partial charge >= 0.3 is 0 Å². The van der Waals surface area contributed by atoms with E-state index < -0.39 is 11.2 Å². The summed E-state index contributed by atoms with van der Waals surface area (Å²) in [6.45, 7) is 1.78. The van der Waals surface area contributed by atoms with Gasteiger partial charge in [-0.2, -0.15) is 0 Å². The summed E-state index contributed by atoms with van der Waals surface area (Å²) in [5.74, 6) is -1.07. The minimum Gasteiger partial charge on any atom is -0.325 e. The second-order valence-electron chi connectivity index (χ2n) is 8.25. The predicted octanol–water partition coefficient (Wildman–Crippen LogP) is 7.58. The maximum Gasteiger partial charge on any atom is 0.272 e. The van der Waals surface area contributed by atoms with Gasteiger partial charge in [0.25, 0.3) is 11.8 Å². The standard InChI is InChI=1S/C29H23Cl2N3O3S2/c1-18(27(35)32-21-12-13-24(30)25(31)16-21)39-23-10-5-9-20(15-23)33-29(37)26(17-22-11-6-14-38-22)34-28(36)19-7-3-2-4-8-19/h2-18H,1H3,(H,32,35)(H,33,37)(H,34,36)/b26-17-. The molecule has 198 valence electrons. The summed E-state index contributed by atoms with van der Waals surface area (Å²) in [6, 6.07) is 24.4. The number of hydrogen-bond donors (Lipinski definition) is 3. The second kappa shape index (κ2) is 13.5. The summed E-state index contributed by atoms with van der Waals surface area (Å²) in [5, 5.41) is 10.6. The monoisotopic (exact) mass is 595 g/mol. The van der Waals surface area contributed by atoms with Crippen molar-refractivity contribution in [1.82, 2.24) is 5.32 Å². The lowest BCUT2D eigenvalue weighted by molar-refractivity contribution is -0.115. The molecule has 0 saturated carbocycles. The van der Waals surface area contributed by atoms with Gasteiger partial charge in [0, 0.05) is 26.7 Å². The summed E-state index contributed by atoms with van der Waals surface area (Å²) in [7, 11) is 0. The summed E-state index contributed by atoms with van der Waals surface area (Å²) >= 11 is 14.8.